The summed E-state index contributed by atoms with van der Waals surface area (Å²) in [7, 11) is 1.58. The van der Waals surface area contributed by atoms with E-state index in [1.807, 2.05) is 18.2 Å². The van der Waals surface area contributed by atoms with Crippen molar-refractivity contribution in [2.45, 2.75) is 24.9 Å². The number of thiophene rings is 1. The number of amides is 1. The predicted molar refractivity (Wildman–Crippen MR) is 123 cm³/mol. The third-order valence-corrected chi connectivity index (χ3v) is 7.44. The van der Waals surface area contributed by atoms with Gasteiger partial charge < -0.3 is 20.1 Å². The van der Waals surface area contributed by atoms with Crippen molar-refractivity contribution in [3.05, 3.63) is 57.6 Å². The first kappa shape index (κ1) is 21.2. The van der Waals surface area contributed by atoms with E-state index >= 15 is 0 Å². The Bertz CT molecular complexity index is 1310. The van der Waals surface area contributed by atoms with Gasteiger partial charge in [0.2, 0.25) is 0 Å². The lowest BCUT2D eigenvalue weighted by molar-refractivity contribution is -0.384. The van der Waals surface area contributed by atoms with Crippen LogP contribution >= 0.6 is 11.3 Å². The number of rotatable bonds is 3. The van der Waals surface area contributed by atoms with Crippen LogP contribution in [0.25, 0.3) is 10.1 Å². The molecule has 3 heterocycles. The van der Waals surface area contributed by atoms with Crippen molar-refractivity contribution in [3.63, 3.8) is 0 Å². The molecule has 2 N–H and O–H groups in total. The molecule has 1 fully saturated rings. The minimum Gasteiger partial charge on any atom is -0.495 e. The highest BCUT2D eigenvalue weighted by Crippen LogP contribution is 2.43. The maximum absolute atomic E-state index is 13.4. The molecule has 0 radical (unpaired) electrons. The molecule has 0 aliphatic carbocycles. The number of carbonyl (C=O) groups is 2. The van der Waals surface area contributed by atoms with E-state index in [2.05, 4.69) is 0 Å². The van der Waals surface area contributed by atoms with Crippen molar-refractivity contribution in [1.82, 2.24) is 4.90 Å². The van der Waals surface area contributed by atoms with Crippen LogP contribution in [-0.2, 0) is 0 Å². The van der Waals surface area contributed by atoms with Gasteiger partial charge in [-0.15, -0.1) is 11.3 Å². The Morgan fingerprint density at radius 1 is 1.27 bits per heavy atom. The van der Waals surface area contributed by atoms with Gasteiger partial charge in [-0.25, -0.2) is 0 Å². The Morgan fingerprint density at radius 3 is 2.73 bits per heavy atom. The molecule has 170 valence electrons. The molecule has 0 atom stereocenters. The third kappa shape index (κ3) is 3.46. The maximum Gasteiger partial charge on any atom is 0.270 e. The average molecular weight is 468 g/mol. The van der Waals surface area contributed by atoms with E-state index in [0.29, 0.717) is 48.0 Å². The second-order valence-corrected chi connectivity index (χ2v) is 9.35. The quantitative estimate of drug-likeness (QED) is 0.455. The molecule has 0 unspecified atom stereocenters. The molecule has 3 aromatic rings. The number of likely N-dealkylation sites (tertiary alicyclic amines) is 1. The highest BCUT2D eigenvalue weighted by atomic mass is 32.1. The van der Waals surface area contributed by atoms with E-state index in [0.717, 1.165) is 10.1 Å². The second-order valence-electron chi connectivity index (χ2n) is 8.29. The van der Waals surface area contributed by atoms with Crippen LogP contribution in [0.2, 0.25) is 0 Å². The number of non-ortho nitro benzene ring substituents is 1. The minimum absolute atomic E-state index is 0.129. The van der Waals surface area contributed by atoms with Gasteiger partial charge in [0.25, 0.3) is 11.6 Å². The van der Waals surface area contributed by atoms with Crippen LogP contribution in [0.5, 0.6) is 11.5 Å². The highest BCUT2D eigenvalue weighted by Gasteiger charge is 2.44. The summed E-state index contributed by atoms with van der Waals surface area (Å²) < 4.78 is 12.4. The second kappa shape index (κ2) is 7.73. The van der Waals surface area contributed by atoms with E-state index in [1.54, 1.807) is 12.0 Å². The monoisotopic (exact) mass is 467 g/mol. The van der Waals surface area contributed by atoms with Gasteiger partial charge in [0.15, 0.2) is 5.78 Å². The molecule has 2 aromatic carbocycles. The molecule has 10 heteroatoms. The Labute approximate surface area is 192 Å². The lowest BCUT2D eigenvalue weighted by Gasteiger charge is -2.43. The van der Waals surface area contributed by atoms with Gasteiger partial charge in [0, 0.05) is 43.5 Å². The zero-order valence-electron chi connectivity index (χ0n) is 17.8. The number of nitrogens with zero attached hydrogens (tertiary/aromatic N) is 2. The van der Waals surface area contributed by atoms with Gasteiger partial charge in [-0.1, -0.05) is 12.1 Å². The van der Waals surface area contributed by atoms with Crippen LogP contribution in [0.1, 0.15) is 40.0 Å². The summed E-state index contributed by atoms with van der Waals surface area (Å²) in [5, 5.41) is 12.2. The molecular formula is C23H21N3O6S. The lowest BCUT2D eigenvalue weighted by Crippen LogP contribution is -2.52. The van der Waals surface area contributed by atoms with E-state index in [9.17, 15) is 19.7 Å². The SMILES string of the molecule is COc1cccc2c(C(=O)N3CCC4(CC3)CC(=O)c3cc([N+](=O)[O-])ccc3O4)c(N)sc12. The molecule has 2 aliphatic rings. The third-order valence-electron chi connectivity index (χ3n) is 6.39. The number of anilines is 1. The number of hydrogen-bond donors (Lipinski definition) is 1. The normalized spacial score (nSPS) is 17.0. The van der Waals surface area contributed by atoms with Crippen LogP contribution in [0.15, 0.2) is 36.4 Å². The summed E-state index contributed by atoms with van der Waals surface area (Å²) >= 11 is 1.33. The average Bonchev–Trinajstić information content (AvgIpc) is 3.14. The van der Waals surface area contributed by atoms with Crippen molar-refractivity contribution in [3.8, 4) is 11.5 Å². The van der Waals surface area contributed by atoms with Gasteiger partial charge in [0.05, 0.1) is 39.3 Å². The number of nitro benzene ring substituents is 1. The van der Waals surface area contributed by atoms with Crippen molar-refractivity contribution in [2.75, 3.05) is 25.9 Å². The number of methoxy groups -OCH3 is 1. The Hall–Kier alpha value is -3.66. The fourth-order valence-electron chi connectivity index (χ4n) is 4.64. The number of hydrogen-bond acceptors (Lipinski definition) is 8. The smallest absolute Gasteiger partial charge is 0.270 e. The molecule has 0 saturated carbocycles. The highest BCUT2D eigenvalue weighted by molar-refractivity contribution is 7.23. The van der Waals surface area contributed by atoms with Crippen molar-refractivity contribution in [1.29, 1.82) is 0 Å². The maximum atomic E-state index is 13.4. The molecule has 1 amide bonds. The van der Waals surface area contributed by atoms with Crippen LogP contribution in [-0.4, -0.2) is 47.3 Å². The van der Waals surface area contributed by atoms with Crippen molar-refractivity contribution < 1.29 is 24.0 Å². The predicted octanol–water partition coefficient (Wildman–Crippen LogP) is 4.04. The van der Waals surface area contributed by atoms with Gasteiger partial charge in [0.1, 0.15) is 17.1 Å². The molecule has 9 nitrogen and oxygen atoms in total. The number of nitrogens with two attached hydrogens (primary N) is 1. The Balaban J connectivity index is 1.36. The number of piperidine rings is 1. The standard InChI is InChI=1S/C23H21N3O6S/c1-31-18-4-2-3-14-19(21(24)33-20(14)18)22(28)25-9-7-23(8-10-25)12-16(27)15-11-13(26(29)30)5-6-17(15)32-23/h2-6,11H,7-10,12,24H2,1H3. The number of ketones is 1. The van der Waals surface area contributed by atoms with Gasteiger partial charge in [-0.3, -0.25) is 19.7 Å². The van der Waals surface area contributed by atoms with E-state index in [4.69, 9.17) is 15.2 Å². The number of fused-ring (bicyclic) bond motifs is 2. The number of Topliss-reactive ketones (excluding diaryl/α,β-unsaturated/α-hetero) is 1. The van der Waals surface area contributed by atoms with Crippen LogP contribution < -0.4 is 15.2 Å². The summed E-state index contributed by atoms with van der Waals surface area (Å²) in [6.07, 6.45) is 1.09. The number of carbonyl (C=O) groups excluding carboxylic acids is 2. The fourth-order valence-corrected chi connectivity index (χ4v) is 5.69. The van der Waals surface area contributed by atoms with Crippen LogP contribution in [0.3, 0.4) is 0 Å². The van der Waals surface area contributed by atoms with Crippen LogP contribution in [0, 0.1) is 10.1 Å². The number of benzene rings is 2. The van der Waals surface area contributed by atoms with E-state index in [-0.39, 0.29) is 29.4 Å². The van der Waals surface area contributed by atoms with E-state index in [1.165, 1.54) is 29.5 Å². The van der Waals surface area contributed by atoms with E-state index < -0.39 is 10.5 Å². The zero-order valence-corrected chi connectivity index (χ0v) is 18.6. The number of ether oxygens (including phenoxy) is 2. The molecule has 2 aliphatic heterocycles. The molecule has 1 aromatic heterocycles. The molecule has 1 saturated heterocycles. The molecule has 1 spiro atoms. The summed E-state index contributed by atoms with van der Waals surface area (Å²) in [5.74, 6) is 0.700. The van der Waals surface area contributed by atoms with Crippen molar-refractivity contribution in [2.24, 2.45) is 0 Å². The molecule has 5 rings (SSSR count). The van der Waals surface area contributed by atoms with Crippen molar-refractivity contribution >= 4 is 43.8 Å². The van der Waals surface area contributed by atoms with Crippen LogP contribution in [0.4, 0.5) is 10.7 Å². The first-order valence-corrected chi connectivity index (χ1v) is 11.3. The van der Waals surface area contributed by atoms with Gasteiger partial charge in [-0.2, -0.15) is 0 Å². The lowest BCUT2D eigenvalue weighted by atomic mass is 9.82. The number of nitrogen functional groups attached to an aromatic ring is 1. The minimum atomic E-state index is -0.720. The summed E-state index contributed by atoms with van der Waals surface area (Å²) in [4.78, 5) is 38.4. The summed E-state index contributed by atoms with van der Waals surface area (Å²) in [6.45, 7) is 0.824. The Kier molecular flexibility index (Phi) is 4.97. The first-order chi connectivity index (χ1) is 15.8. The molecular weight excluding hydrogens is 446 g/mol. The van der Waals surface area contributed by atoms with Gasteiger partial charge in [-0.05, 0) is 12.1 Å². The molecule has 0 bridgehead atoms. The zero-order chi connectivity index (χ0) is 23.3. The Morgan fingerprint density at radius 2 is 2.03 bits per heavy atom. The topological polar surface area (TPSA) is 125 Å². The molecule has 33 heavy (non-hydrogen) atoms. The fraction of sp³-hybridized carbons (Fsp3) is 0.304. The van der Waals surface area contributed by atoms with Gasteiger partial charge >= 0.3 is 0 Å². The number of nitro groups is 1. The largest absolute Gasteiger partial charge is 0.495 e. The summed E-state index contributed by atoms with van der Waals surface area (Å²) in [6, 6.07) is 9.61. The summed E-state index contributed by atoms with van der Waals surface area (Å²) in [5.41, 5.74) is 6.08. The first-order valence-electron chi connectivity index (χ1n) is 10.5.